The Hall–Kier alpha value is -4.46. The zero-order chi connectivity index (χ0) is 27.8. The Morgan fingerprint density at radius 3 is 2.05 bits per heavy atom. The minimum absolute atomic E-state index is 0.0948. The third kappa shape index (κ3) is 6.45. The zero-order valence-electron chi connectivity index (χ0n) is 22.5. The quantitative estimate of drug-likeness (QED) is 0.309. The van der Waals surface area contributed by atoms with Gasteiger partial charge in [-0.25, -0.2) is 9.78 Å². The smallest absolute Gasteiger partial charge is 0.333 e. The van der Waals surface area contributed by atoms with Crippen molar-refractivity contribution >= 4 is 23.4 Å². The van der Waals surface area contributed by atoms with E-state index < -0.39 is 23.9 Å². The molecule has 0 saturated heterocycles. The fourth-order valence-corrected chi connectivity index (χ4v) is 3.88. The molecule has 38 heavy (non-hydrogen) atoms. The van der Waals surface area contributed by atoms with E-state index in [9.17, 15) is 14.4 Å². The standard InChI is InChI=1S/C30H32N2O6/c1-7-25(33)38-28-24(36-6)16-17-31-27(28)29(34)32-20(4)30(35)37-21(5)26(22-14-10-8-12-18(22)2)23-15-11-9-13-19(23)3/h8-17,20H,7H2,1-6H3,(H,32,34)/t20-/m0/s1. The number of hydrogen-bond donors (Lipinski definition) is 1. The van der Waals surface area contributed by atoms with Crippen LogP contribution in [-0.4, -0.2) is 36.0 Å². The lowest BCUT2D eigenvalue weighted by Crippen LogP contribution is -2.40. The Morgan fingerprint density at radius 2 is 1.53 bits per heavy atom. The number of methoxy groups -OCH3 is 1. The highest BCUT2D eigenvalue weighted by molar-refractivity contribution is 5.99. The first kappa shape index (κ1) is 28.1. The summed E-state index contributed by atoms with van der Waals surface area (Å²) in [6, 6.07) is 16.2. The van der Waals surface area contributed by atoms with Gasteiger partial charge < -0.3 is 19.5 Å². The van der Waals surface area contributed by atoms with Crippen molar-refractivity contribution in [3.05, 3.63) is 94.5 Å². The van der Waals surface area contributed by atoms with E-state index in [4.69, 9.17) is 14.2 Å². The van der Waals surface area contributed by atoms with Crippen LogP contribution in [0.5, 0.6) is 11.5 Å². The molecule has 1 heterocycles. The molecule has 0 radical (unpaired) electrons. The van der Waals surface area contributed by atoms with E-state index in [1.807, 2.05) is 62.4 Å². The minimum atomic E-state index is -1.03. The van der Waals surface area contributed by atoms with Crippen LogP contribution in [0.2, 0.25) is 0 Å². The molecule has 0 saturated carbocycles. The number of nitrogens with one attached hydrogen (secondary N) is 1. The molecule has 0 fully saturated rings. The van der Waals surface area contributed by atoms with Crippen LogP contribution in [0.1, 0.15) is 59.9 Å². The number of amides is 1. The van der Waals surface area contributed by atoms with Crippen molar-refractivity contribution in [2.24, 2.45) is 0 Å². The molecule has 1 atom stereocenters. The minimum Gasteiger partial charge on any atom is -0.493 e. The van der Waals surface area contributed by atoms with Gasteiger partial charge in [-0.2, -0.15) is 0 Å². The summed E-state index contributed by atoms with van der Waals surface area (Å²) in [5.74, 6) is -1.48. The molecule has 198 valence electrons. The van der Waals surface area contributed by atoms with Gasteiger partial charge in [0.2, 0.25) is 5.75 Å². The van der Waals surface area contributed by atoms with Crippen LogP contribution in [0.4, 0.5) is 0 Å². The molecule has 3 rings (SSSR count). The number of nitrogens with zero attached hydrogens (tertiary/aromatic N) is 1. The number of benzene rings is 2. The highest BCUT2D eigenvalue weighted by Crippen LogP contribution is 2.32. The van der Waals surface area contributed by atoms with Gasteiger partial charge in [-0.15, -0.1) is 0 Å². The number of esters is 2. The number of carbonyl (C=O) groups is 3. The number of carbonyl (C=O) groups excluding carboxylic acids is 3. The summed E-state index contributed by atoms with van der Waals surface area (Å²) in [5.41, 5.74) is 4.54. The molecule has 2 aromatic carbocycles. The molecule has 1 N–H and O–H groups in total. The lowest BCUT2D eigenvalue weighted by molar-refractivity contribution is -0.141. The third-order valence-electron chi connectivity index (χ3n) is 5.94. The van der Waals surface area contributed by atoms with Crippen molar-refractivity contribution in [2.75, 3.05) is 7.11 Å². The van der Waals surface area contributed by atoms with Gasteiger partial charge in [0.1, 0.15) is 11.8 Å². The monoisotopic (exact) mass is 516 g/mol. The van der Waals surface area contributed by atoms with Crippen molar-refractivity contribution in [3.8, 4) is 11.5 Å². The molecular weight excluding hydrogens is 484 g/mol. The van der Waals surface area contributed by atoms with E-state index in [0.29, 0.717) is 5.76 Å². The summed E-state index contributed by atoms with van der Waals surface area (Å²) >= 11 is 0. The van der Waals surface area contributed by atoms with Gasteiger partial charge in [0, 0.05) is 24.3 Å². The molecule has 0 aliphatic carbocycles. The molecule has 3 aromatic rings. The summed E-state index contributed by atoms with van der Waals surface area (Å²) in [7, 11) is 1.38. The second-order valence-corrected chi connectivity index (χ2v) is 8.70. The molecule has 0 aliphatic rings. The zero-order valence-corrected chi connectivity index (χ0v) is 22.5. The molecule has 0 aliphatic heterocycles. The number of allylic oxidation sites excluding steroid dienone is 1. The fourth-order valence-electron chi connectivity index (χ4n) is 3.88. The maximum Gasteiger partial charge on any atom is 0.333 e. The van der Waals surface area contributed by atoms with E-state index in [1.54, 1.807) is 13.8 Å². The van der Waals surface area contributed by atoms with Crippen LogP contribution in [0, 0.1) is 13.8 Å². The van der Waals surface area contributed by atoms with Crippen molar-refractivity contribution in [1.82, 2.24) is 10.3 Å². The Bertz CT molecular complexity index is 1330. The fraction of sp³-hybridized carbons (Fsp3) is 0.267. The number of aromatic nitrogens is 1. The average molecular weight is 517 g/mol. The summed E-state index contributed by atoms with van der Waals surface area (Å²) in [5, 5.41) is 2.58. The lowest BCUT2D eigenvalue weighted by Gasteiger charge is -2.19. The Morgan fingerprint density at radius 1 is 0.947 bits per heavy atom. The average Bonchev–Trinajstić information content (AvgIpc) is 2.90. The van der Waals surface area contributed by atoms with Crippen LogP contribution in [0.25, 0.3) is 5.57 Å². The van der Waals surface area contributed by atoms with Crippen LogP contribution >= 0.6 is 0 Å². The van der Waals surface area contributed by atoms with Gasteiger partial charge in [-0.1, -0.05) is 55.5 Å². The number of ether oxygens (including phenoxy) is 3. The van der Waals surface area contributed by atoms with E-state index in [-0.39, 0.29) is 23.6 Å². The van der Waals surface area contributed by atoms with Crippen molar-refractivity contribution < 1.29 is 28.6 Å². The lowest BCUT2D eigenvalue weighted by atomic mass is 9.91. The highest BCUT2D eigenvalue weighted by Gasteiger charge is 2.26. The van der Waals surface area contributed by atoms with Gasteiger partial charge >= 0.3 is 11.9 Å². The molecule has 0 unspecified atom stereocenters. The number of rotatable bonds is 9. The summed E-state index contributed by atoms with van der Waals surface area (Å²) in [6.45, 7) is 8.85. The van der Waals surface area contributed by atoms with E-state index in [2.05, 4.69) is 10.3 Å². The summed E-state index contributed by atoms with van der Waals surface area (Å²) in [6.07, 6.45) is 1.45. The van der Waals surface area contributed by atoms with E-state index in [1.165, 1.54) is 26.3 Å². The molecular formula is C30H32N2O6. The van der Waals surface area contributed by atoms with E-state index >= 15 is 0 Å². The van der Waals surface area contributed by atoms with Gasteiger partial charge in [-0.05, 0) is 49.9 Å². The van der Waals surface area contributed by atoms with Gasteiger partial charge in [0.05, 0.1) is 7.11 Å². The van der Waals surface area contributed by atoms with Crippen molar-refractivity contribution in [3.63, 3.8) is 0 Å². The molecule has 1 aromatic heterocycles. The van der Waals surface area contributed by atoms with E-state index in [0.717, 1.165) is 27.8 Å². The third-order valence-corrected chi connectivity index (χ3v) is 5.94. The molecule has 0 bridgehead atoms. The first-order valence-electron chi connectivity index (χ1n) is 12.3. The first-order valence-corrected chi connectivity index (χ1v) is 12.3. The van der Waals surface area contributed by atoms with Gasteiger partial charge in [0.25, 0.3) is 5.91 Å². The van der Waals surface area contributed by atoms with Crippen LogP contribution in [0.3, 0.4) is 0 Å². The number of aryl methyl sites for hydroxylation is 2. The molecule has 0 spiro atoms. The van der Waals surface area contributed by atoms with Gasteiger partial charge in [-0.3, -0.25) is 9.59 Å². The number of pyridine rings is 1. The maximum atomic E-state index is 13.1. The normalized spacial score (nSPS) is 11.2. The first-order chi connectivity index (χ1) is 18.2. The van der Waals surface area contributed by atoms with Gasteiger partial charge in [0.15, 0.2) is 11.4 Å². The molecule has 1 amide bonds. The highest BCUT2D eigenvalue weighted by atomic mass is 16.6. The molecule has 8 heteroatoms. The molecule has 8 nitrogen and oxygen atoms in total. The SMILES string of the molecule is CCC(=O)Oc1c(OC)ccnc1C(=O)N[C@@H](C)C(=O)OC(C)=C(c1ccccc1C)c1ccccc1C. The Labute approximate surface area is 222 Å². The Kier molecular flexibility index (Phi) is 9.38. The second kappa shape index (κ2) is 12.7. The van der Waals surface area contributed by atoms with Crippen molar-refractivity contribution in [2.45, 2.75) is 47.1 Å². The topological polar surface area (TPSA) is 104 Å². The van der Waals surface area contributed by atoms with Crippen molar-refractivity contribution in [1.29, 1.82) is 0 Å². The second-order valence-electron chi connectivity index (χ2n) is 8.70. The largest absolute Gasteiger partial charge is 0.493 e. The van der Waals surface area contributed by atoms with Crippen LogP contribution < -0.4 is 14.8 Å². The Balaban J connectivity index is 1.89. The van der Waals surface area contributed by atoms with Crippen LogP contribution in [0.15, 0.2) is 66.6 Å². The predicted molar refractivity (Wildman–Crippen MR) is 144 cm³/mol. The predicted octanol–water partition coefficient (Wildman–Crippen LogP) is 5.16. The summed E-state index contributed by atoms with van der Waals surface area (Å²) in [4.78, 5) is 42.1. The summed E-state index contributed by atoms with van der Waals surface area (Å²) < 4.78 is 16.3. The number of hydrogen-bond acceptors (Lipinski definition) is 7. The van der Waals surface area contributed by atoms with Crippen LogP contribution in [-0.2, 0) is 14.3 Å². The maximum absolute atomic E-state index is 13.1.